The van der Waals surface area contributed by atoms with E-state index in [-0.39, 0.29) is 5.91 Å². The Balaban J connectivity index is 2.21. The molecular formula is C14H14BrNO2. The van der Waals surface area contributed by atoms with Crippen LogP contribution in [-0.4, -0.2) is 5.91 Å². The first kappa shape index (κ1) is 12.9. The maximum atomic E-state index is 12.0. The monoisotopic (exact) mass is 307 g/mol. The fourth-order valence-electron chi connectivity index (χ4n) is 1.72. The molecule has 0 bridgehead atoms. The Morgan fingerprint density at radius 2 is 2.11 bits per heavy atom. The van der Waals surface area contributed by atoms with Gasteiger partial charge in [0.15, 0.2) is 5.76 Å². The van der Waals surface area contributed by atoms with E-state index in [1.807, 2.05) is 25.1 Å². The molecule has 0 spiro atoms. The van der Waals surface area contributed by atoms with Gasteiger partial charge in [-0.3, -0.25) is 4.79 Å². The van der Waals surface area contributed by atoms with Gasteiger partial charge >= 0.3 is 0 Å². The SMILES string of the molecule is CCc1cc(Br)ccc1NC(=O)c1ccc(C)o1. The summed E-state index contributed by atoms with van der Waals surface area (Å²) < 4.78 is 6.30. The number of hydrogen-bond acceptors (Lipinski definition) is 2. The van der Waals surface area contributed by atoms with Gasteiger partial charge < -0.3 is 9.73 Å². The van der Waals surface area contributed by atoms with Gasteiger partial charge in [-0.2, -0.15) is 0 Å². The third kappa shape index (κ3) is 2.82. The van der Waals surface area contributed by atoms with E-state index in [0.29, 0.717) is 5.76 Å². The summed E-state index contributed by atoms with van der Waals surface area (Å²) in [5.41, 5.74) is 1.90. The number of benzene rings is 1. The Morgan fingerprint density at radius 3 is 2.72 bits per heavy atom. The molecule has 0 unspecified atom stereocenters. The maximum Gasteiger partial charge on any atom is 0.291 e. The standard InChI is InChI=1S/C14H14BrNO2/c1-3-10-8-11(15)5-6-12(10)16-14(17)13-7-4-9(2)18-13/h4-8H,3H2,1-2H3,(H,16,17). The molecule has 4 heteroatoms. The van der Waals surface area contributed by atoms with Crippen molar-refractivity contribution < 1.29 is 9.21 Å². The first-order valence-electron chi connectivity index (χ1n) is 5.76. The van der Waals surface area contributed by atoms with Crippen molar-refractivity contribution in [1.29, 1.82) is 0 Å². The van der Waals surface area contributed by atoms with Crippen LogP contribution in [0.15, 0.2) is 39.2 Å². The van der Waals surface area contributed by atoms with E-state index in [2.05, 4.69) is 28.2 Å². The summed E-state index contributed by atoms with van der Waals surface area (Å²) in [4.78, 5) is 12.0. The zero-order valence-corrected chi connectivity index (χ0v) is 11.9. The smallest absolute Gasteiger partial charge is 0.291 e. The lowest BCUT2D eigenvalue weighted by molar-refractivity contribution is 0.0995. The Labute approximate surface area is 114 Å². The fourth-order valence-corrected chi connectivity index (χ4v) is 2.13. The van der Waals surface area contributed by atoms with Crippen LogP contribution in [0.3, 0.4) is 0 Å². The molecule has 0 aliphatic carbocycles. The van der Waals surface area contributed by atoms with Gasteiger partial charge in [-0.25, -0.2) is 0 Å². The van der Waals surface area contributed by atoms with E-state index < -0.39 is 0 Å². The quantitative estimate of drug-likeness (QED) is 0.925. The van der Waals surface area contributed by atoms with Gasteiger partial charge in [-0.1, -0.05) is 22.9 Å². The van der Waals surface area contributed by atoms with Gasteiger partial charge in [-0.15, -0.1) is 0 Å². The topological polar surface area (TPSA) is 42.2 Å². The molecule has 0 saturated heterocycles. The maximum absolute atomic E-state index is 12.0. The number of furan rings is 1. The van der Waals surface area contributed by atoms with Crippen molar-refractivity contribution in [3.05, 3.63) is 51.9 Å². The number of amides is 1. The second kappa shape index (κ2) is 5.40. The summed E-state index contributed by atoms with van der Waals surface area (Å²) >= 11 is 3.42. The zero-order valence-electron chi connectivity index (χ0n) is 10.3. The average molecular weight is 308 g/mol. The number of hydrogen-bond donors (Lipinski definition) is 1. The molecule has 0 saturated carbocycles. The van der Waals surface area contributed by atoms with Crippen LogP contribution in [0, 0.1) is 6.92 Å². The third-order valence-electron chi connectivity index (χ3n) is 2.66. The van der Waals surface area contributed by atoms with E-state index in [1.54, 1.807) is 12.1 Å². The molecule has 1 N–H and O–H groups in total. The van der Waals surface area contributed by atoms with Crippen molar-refractivity contribution >= 4 is 27.5 Å². The van der Waals surface area contributed by atoms with E-state index in [4.69, 9.17) is 4.42 Å². The minimum absolute atomic E-state index is 0.222. The van der Waals surface area contributed by atoms with Crippen LogP contribution in [0.5, 0.6) is 0 Å². The summed E-state index contributed by atoms with van der Waals surface area (Å²) in [6, 6.07) is 9.24. The van der Waals surface area contributed by atoms with Crippen molar-refractivity contribution in [1.82, 2.24) is 0 Å². The molecule has 0 aliphatic heterocycles. The zero-order chi connectivity index (χ0) is 13.1. The minimum Gasteiger partial charge on any atom is -0.456 e. The Hall–Kier alpha value is -1.55. The highest BCUT2D eigenvalue weighted by molar-refractivity contribution is 9.10. The van der Waals surface area contributed by atoms with Gasteiger partial charge in [0.05, 0.1) is 0 Å². The van der Waals surface area contributed by atoms with Crippen LogP contribution in [-0.2, 0) is 6.42 Å². The van der Waals surface area contributed by atoms with Crippen LogP contribution in [0.1, 0.15) is 28.8 Å². The summed E-state index contributed by atoms with van der Waals surface area (Å²) in [7, 11) is 0. The van der Waals surface area contributed by atoms with Gasteiger partial charge in [0.2, 0.25) is 0 Å². The number of carbonyl (C=O) groups is 1. The number of halogens is 1. The molecule has 0 aliphatic rings. The summed E-state index contributed by atoms with van der Waals surface area (Å²) in [5.74, 6) is 0.837. The van der Waals surface area contributed by atoms with E-state index >= 15 is 0 Å². The van der Waals surface area contributed by atoms with Crippen molar-refractivity contribution in [2.75, 3.05) is 5.32 Å². The highest BCUT2D eigenvalue weighted by Gasteiger charge is 2.12. The summed E-state index contributed by atoms with van der Waals surface area (Å²) in [5, 5.41) is 2.86. The molecule has 1 amide bonds. The first-order chi connectivity index (χ1) is 8.60. The van der Waals surface area contributed by atoms with Crippen LogP contribution in [0.4, 0.5) is 5.69 Å². The van der Waals surface area contributed by atoms with Crippen LogP contribution >= 0.6 is 15.9 Å². The predicted octanol–water partition coefficient (Wildman–Crippen LogP) is 4.17. The van der Waals surface area contributed by atoms with Crippen LogP contribution < -0.4 is 5.32 Å². The Kier molecular flexibility index (Phi) is 3.87. The van der Waals surface area contributed by atoms with Crippen molar-refractivity contribution in [2.45, 2.75) is 20.3 Å². The van der Waals surface area contributed by atoms with Crippen molar-refractivity contribution in [3.8, 4) is 0 Å². The fraction of sp³-hybridized carbons (Fsp3) is 0.214. The normalized spacial score (nSPS) is 10.4. The first-order valence-corrected chi connectivity index (χ1v) is 6.55. The second-order valence-electron chi connectivity index (χ2n) is 4.02. The lowest BCUT2D eigenvalue weighted by Gasteiger charge is -2.09. The lowest BCUT2D eigenvalue weighted by atomic mass is 10.1. The third-order valence-corrected chi connectivity index (χ3v) is 3.15. The summed E-state index contributed by atoms with van der Waals surface area (Å²) in [6.07, 6.45) is 0.853. The molecular weight excluding hydrogens is 294 g/mol. The van der Waals surface area contributed by atoms with E-state index in [0.717, 1.165) is 27.9 Å². The second-order valence-corrected chi connectivity index (χ2v) is 4.94. The van der Waals surface area contributed by atoms with Crippen molar-refractivity contribution in [3.63, 3.8) is 0 Å². The molecule has 2 rings (SSSR count). The number of aryl methyl sites for hydroxylation is 2. The van der Waals surface area contributed by atoms with Gasteiger partial charge in [0.1, 0.15) is 5.76 Å². The number of anilines is 1. The Morgan fingerprint density at radius 1 is 1.33 bits per heavy atom. The van der Waals surface area contributed by atoms with E-state index in [9.17, 15) is 4.79 Å². The lowest BCUT2D eigenvalue weighted by Crippen LogP contribution is -2.12. The molecule has 0 fully saturated rings. The largest absolute Gasteiger partial charge is 0.456 e. The van der Waals surface area contributed by atoms with Crippen LogP contribution in [0.2, 0.25) is 0 Å². The van der Waals surface area contributed by atoms with Gasteiger partial charge in [-0.05, 0) is 49.2 Å². The molecule has 2 aromatic rings. The van der Waals surface area contributed by atoms with Gasteiger partial charge in [0.25, 0.3) is 5.91 Å². The number of carbonyl (C=O) groups excluding carboxylic acids is 1. The molecule has 1 heterocycles. The summed E-state index contributed by atoms with van der Waals surface area (Å²) in [6.45, 7) is 3.86. The highest BCUT2D eigenvalue weighted by Crippen LogP contribution is 2.22. The number of rotatable bonds is 3. The molecule has 1 aromatic carbocycles. The highest BCUT2D eigenvalue weighted by atomic mass is 79.9. The molecule has 0 radical (unpaired) electrons. The van der Waals surface area contributed by atoms with Crippen molar-refractivity contribution in [2.24, 2.45) is 0 Å². The molecule has 1 aromatic heterocycles. The van der Waals surface area contributed by atoms with Crippen LogP contribution in [0.25, 0.3) is 0 Å². The van der Waals surface area contributed by atoms with Gasteiger partial charge in [0, 0.05) is 10.2 Å². The van der Waals surface area contributed by atoms with E-state index in [1.165, 1.54) is 0 Å². The molecule has 94 valence electrons. The number of nitrogens with one attached hydrogen (secondary N) is 1. The molecule has 0 atom stereocenters. The Bertz CT molecular complexity index is 575. The predicted molar refractivity (Wildman–Crippen MR) is 74.9 cm³/mol. The average Bonchev–Trinajstić information content (AvgIpc) is 2.78. The minimum atomic E-state index is -0.222. The molecule has 18 heavy (non-hydrogen) atoms. The molecule has 3 nitrogen and oxygen atoms in total.